The van der Waals surface area contributed by atoms with Crippen LogP contribution in [-0.2, 0) is 0 Å². The number of anilines is 1. The molecule has 1 aliphatic rings. The lowest BCUT2D eigenvalue weighted by Gasteiger charge is -2.30. The molecule has 2 rings (SSSR count). The van der Waals surface area contributed by atoms with Crippen molar-refractivity contribution < 1.29 is 4.39 Å². The van der Waals surface area contributed by atoms with Gasteiger partial charge in [-0.2, -0.15) is 4.39 Å². The van der Waals surface area contributed by atoms with Crippen LogP contribution in [0.5, 0.6) is 0 Å². The van der Waals surface area contributed by atoms with Gasteiger partial charge in [0.15, 0.2) is 0 Å². The molecule has 1 aromatic rings. The van der Waals surface area contributed by atoms with Gasteiger partial charge in [0.1, 0.15) is 5.82 Å². The van der Waals surface area contributed by atoms with Crippen molar-refractivity contribution in [3.8, 4) is 0 Å². The number of halogens is 1. The van der Waals surface area contributed by atoms with Crippen molar-refractivity contribution in [2.24, 2.45) is 5.92 Å². The highest BCUT2D eigenvalue weighted by Crippen LogP contribution is 2.27. The van der Waals surface area contributed by atoms with E-state index in [-0.39, 0.29) is 5.95 Å². The molecule has 0 saturated heterocycles. The average molecular weight is 250 g/mol. The van der Waals surface area contributed by atoms with Crippen molar-refractivity contribution in [1.82, 2.24) is 4.98 Å². The van der Waals surface area contributed by atoms with Crippen molar-refractivity contribution in [3.63, 3.8) is 0 Å². The second-order valence-electron chi connectivity index (χ2n) is 5.63. The molecule has 0 atom stereocenters. The zero-order chi connectivity index (χ0) is 13.0. The minimum absolute atomic E-state index is 0.375. The normalized spacial score (nSPS) is 16.4. The summed E-state index contributed by atoms with van der Waals surface area (Å²) in [5.74, 6) is 1.10. The van der Waals surface area contributed by atoms with E-state index in [0.29, 0.717) is 12.0 Å². The van der Waals surface area contributed by atoms with E-state index in [9.17, 15) is 4.39 Å². The smallest absolute Gasteiger partial charge is 0.214 e. The van der Waals surface area contributed by atoms with E-state index in [1.807, 2.05) is 6.07 Å². The molecule has 1 aromatic heterocycles. The average Bonchev–Trinajstić information content (AvgIpc) is 2.83. The Morgan fingerprint density at radius 2 is 2.06 bits per heavy atom. The summed E-state index contributed by atoms with van der Waals surface area (Å²) in [4.78, 5) is 6.37. The summed E-state index contributed by atoms with van der Waals surface area (Å²) in [6, 6.07) is 5.66. The molecule has 2 nitrogen and oxygen atoms in total. The van der Waals surface area contributed by atoms with Crippen LogP contribution in [0.3, 0.4) is 0 Å². The molecule has 0 aromatic carbocycles. The highest BCUT2D eigenvalue weighted by molar-refractivity contribution is 5.39. The van der Waals surface area contributed by atoms with E-state index >= 15 is 0 Å². The summed E-state index contributed by atoms with van der Waals surface area (Å²) < 4.78 is 13.3. The van der Waals surface area contributed by atoms with Crippen LogP contribution >= 0.6 is 0 Å². The van der Waals surface area contributed by atoms with Gasteiger partial charge in [-0.15, -0.1) is 0 Å². The molecule has 0 radical (unpaired) electrons. The molecule has 100 valence electrons. The van der Waals surface area contributed by atoms with Crippen molar-refractivity contribution in [3.05, 3.63) is 24.1 Å². The molecular weight excluding hydrogens is 227 g/mol. The number of nitrogens with zero attached hydrogens (tertiary/aromatic N) is 2. The molecule has 1 saturated carbocycles. The quantitative estimate of drug-likeness (QED) is 0.734. The Hall–Kier alpha value is -1.12. The number of aromatic nitrogens is 1. The van der Waals surface area contributed by atoms with Crippen molar-refractivity contribution in [1.29, 1.82) is 0 Å². The van der Waals surface area contributed by atoms with Gasteiger partial charge in [-0.1, -0.05) is 32.8 Å². The van der Waals surface area contributed by atoms with Crippen LogP contribution in [0.15, 0.2) is 18.2 Å². The first-order chi connectivity index (χ1) is 8.66. The first kappa shape index (κ1) is 13.3. The lowest BCUT2D eigenvalue weighted by Crippen LogP contribution is -2.35. The monoisotopic (exact) mass is 250 g/mol. The molecule has 18 heavy (non-hydrogen) atoms. The van der Waals surface area contributed by atoms with Gasteiger partial charge in [0.25, 0.3) is 0 Å². The van der Waals surface area contributed by atoms with Crippen molar-refractivity contribution in [2.45, 2.75) is 52.0 Å². The highest BCUT2D eigenvalue weighted by atomic mass is 19.1. The molecule has 0 aliphatic heterocycles. The third-order valence-corrected chi connectivity index (χ3v) is 3.71. The fraction of sp³-hybridized carbons (Fsp3) is 0.667. The summed E-state index contributed by atoms with van der Waals surface area (Å²) in [7, 11) is 0. The zero-order valence-electron chi connectivity index (χ0n) is 11.4. The predicted octanol–water partition coefficient (Wildman–Crippen LogP) is 4.02. The van der Waals surface area contributed by atoms with Crippen molar-refractivity contribution >= 4 is 5.82 Å². The Morgan fingerprint density at radius 3 is 2.67 bits per heavy atom. The number of hydrogen-bond acceptors (Lipinski definition) is 2. The van der Waals surface area contributed by atoms with E-state index in [4.69, 9.17) is 0 Å². The largest absolute Gasteiger partial charge is 0.354 e. The number of rotatable bonds is 5. The maximum atomic E-state index is 13.3. The molecule has 3 heteroatoms. The molecule has 0 amide bonds. The number of pyridine rings is 1. The van der Waals surface area contributed by atoms with Crippen molar-refractivity contribution in [2.75, 3.05) is 11.4 Å². The second-order valence-corrected chi connectivity index (χ2v) is 5.63. The van der Waals surface area contributed by atoms with E-state index in [1.165, 1.54) is 31.7 Å². The van der Waals surface area contributed by atoms with Crippen LogP contribution < -0.4 is 4.90 Å². The van der Waals surface area contributed by atoms with Crippen LogP contribution in [0.1, 0.15) is 46.0 Å². The minimum atomic E-state index is -0.375. The molecular formula is C15H23FN2. The van der Waals surface area contributed by atoms with Crippen LogP contribution in [0.25, 0.3) is 0 Å². The van der Waals surface area contributed by atoms with Crippen LogP contribution in [-0.4, -0.2) is 17.6 Å². The van der Waals surface area contributed by atoms with Gasteiger partial charge in [-0.3, -0.25) is 0 Å². The Bertz CT molecular complexity index is 373. The minimum Gasteiger partial charge on any atom is -0.354 e. The summed E-state index contributed by atoms with van der Waals surface area (Å²) >= 11 is 0. The summed E-state index contributed by atoms with van der Waals surface area (Å²) in [5.41, 5.74) is 0. The lowest BCUT2D eigenvalue weighted by atomic mass is 10.1. The third kappa shape index (κ3) is 3.44. The maximum Gasteiger partial charge on any atom is 0.214 e. The first-order valence-electron chi connectivity index (χ1n) is 7.06. The van der Waals surface area contributed by atoms with E-state index < -0.39 is 0 Å². The Labute approximate surface area is 109 Å². The van der Waals surface area contributed by atoms with E-state index in [0.717, 1.165) is 18.8 Å². The molecule has 0 unspecified atom stereocenters. The topological polar surface area (TPSA) is 16.1 Å². The summed E-state index contributed by atoms with van der Waals surface area (Å²) in [6.45, 7) is 5.44. The van der Waals surface area contributed by atoms with E-state index in [2.05, 4.69) is 23.7 Å². The maximum absolute atomic E-state index is 13.3. The molecule has 1 fully saturated rings. The van der Waals surface area contributed by atoms with Crippen LogP contribution in [0.2, 0.25) is 0 Å². The number of hydrogen-bond donors (Lipinski definition) is 0. The summed E-state index contributed by atoms with van der Waals surface area (Å²) in [6.07, 6.45) is 6.15. The SMILES string of the molecule is CC(C)CCN(c1cccc(F)n1)C1CCCC1. The Balaban J connectivity index is 2.12. The first-order valence-corrected chi connectivity index (χ1v) is 7.06. The molecule has 0 bridgehead atoms. The molecule has 0 spiro atoms. The lowest BCUT2D eigenvalue weighted by molar-refractivity contribution is 0.517. The molecule has 1 aliphatic carbocycles. The van der Waals surface area contributed by atoms with Crippen LogP contribution in [0.4, 0.5) is 10.2 Å². The van der Waals surface area contributed by atoms with Gasteiger partial charge in [0.2, 0.25) is 5.95 Å². The molecule has 1 heterocycles. The van der Waals surface area contributed by atoms with Gasteiger partial charge in [-0.05, 0) is 37.3 Å². The Morgan fingerprint density at radius 1 is 1.33 bits per heavy atom. The molecule has 0 N–H and O–H groups in total. The fourth-order valence-corrected chi connectivity index (χ4v) is 2.65. The van der Waals surface area contributed by atoms with Gasteiger partial charge < -0.3 is 4.90 Å². The second kappa shape index (κ2) is 6.17. The Kier molecular flexibility index (Phi) is 4.56. The standard InChI is InChI=1S/C15H23FN2/c1-12(2)10-11-18(13-6-3-4-7-13)15-9-5-8-14(16)17-15/h5,8-9,12-13H,3-4,6-7,10-11H2,1-2H3. The van der Waals surface area contributed by atoms with Crippen LogP contribution in [0, 0.1) is 11.9 Å². The highest BCUT2D eigenvalue weighted by Gasteiger charge is 2.23. The zero-order valence-corrected chi connectivity index (χ0v) is 11.4. The summed E-state index contributed by atoms with van der Waals surface area (Å²) in [5, 5.41) is 0. The fourth-order valence-electron chi connectivity index (χ4n) is 2.65. The van der Waals surface area contributed by atoms with Gasteiger partial charge >= 0.3 is 0 Å². The van der Waals surface area contributed by atoms with Gasteiger partial charge in [-0.25, -0.2) is 4.98 Å². The van der Waals surface area contributed by atoms with Gasteiger partial charge in [0, 0.05) is 12.6 Å². The predicted molar refractivity (Wildman–Crippen MR) is 73.3 cm³/mol. The van der Waals surface area contributed by atoms with E-state index in [1.54, 1.807) is 6.07 Å². The third-order valence-electron chi connectivity index (χ3n) is 3.71. The van der Waals surface area contributed by atoms with Gasteiger partial charge in [0.05, 0.1) is 0 Å².